The van der Waals surface area contributed by atoms with Crippen LogP contribution in [0.2, 0.25) is 0 Å². The minimum atomic E-state index is -0.467. The van der Waals surface area contributed by atoms with Gasteiger partial charge in [-0.25, -0.2) is 4.98 Å². The highest BCUT2D eigenvalue weighted by Gasteiger charge is 2.16. The van der Waals surface area contributed by atoms with E-state index in [4.69, 9.17) is 14.2 Å². The predicted molar refractivity (Wildman–Crippen MR) is 97.4 cm³/mol. The SMILES string of the molecule is O=C(COCc1nc2ccccc2s1)NNC(=O)c1ccc2c(c1)OCO2. The predicted octanol–water partition coefficient (Wildman–Crippen LogP) is 2.00. The number of benzene rings is 2. The number of ether oxygens (including phenoxy) is 3. The molecule has 3 aromatic rings. The maximum Gasteiger partial charge on any atom is 0.269 e. The van der Waals surface area contributed by atoms with E-state index in [1.54, 1.807) is 18.2 Å². The zero-order chi connectivity index (χ0) is 18.6. The maximum atomic E-state index is 12.1. The van der Waals surface area contributed by atoms with E-state index in [2.05, 4.69) is 15.8 Å². The molecule has 2 amide bonds. The van der Waals surface area contributed by atoms with Crippen LogP contribution in [-0.2, 0) is 16.1 Å². The van der Waals surface area contributed by atoms with Crippen LogP contribution in [0.3, 0.4) is 0 Å². The number of para-hydroxylation sites is 1. The van der Waals surface area contributed by atoms with Gasteiger partial charge in [-0.05, 0) is 30.3 Å². The molecule has 0 radical (unpaired) electrons. The number of thiazole rings is 1. The molecule has 0 saturated heterocycles. The number of fused-ring (bicyclic) bond motifs is 2. The molecular weight excluding hydrogens is 370 g/mol. The lowest BCUT2D eigenvalue weighted by Gasteiger charge is -2.08. The second-order valence-corrected chi connectivity index (χ2v) is 6.75. The van der Waals surface area contributed by atoms with Gasteiger partial charge >= 0.3 is 0 Å². The molecule has 0 fully saturated rings. The van der Waals surface area contributed by atoms with Crippen LogP contribution in [0.5, 0.6) is 11.5 Å². The van der Waals surface area contributed by atoms with Gasteiger partial charge in [0.1, 0.15) is 11.6 Å². The summed E-state index contributed by atoms with van der Waals surface area (Å²) in [6, 6.07) is 12.5. The van der Waals surface area contributed by atoms with Gasteiger partial charge in [-0.15, -0.1) is 11.3 Å². The molecule has 0 bridgehead atoms. The number of carbonyl (C=O) groups is 2. The number of nitrogens with zero attached hydrogens (tertiary/aromatic N) is 1. The van der Waals surface area contributed by atoms with Crippen LogP contribution < -0.4 is 20.3 Å². The van der Waals surface area contributed by atoms with Gasteiger partial charge in [0.15, 0.2) is 11.5 Å². The van der Waals surface area contributed by atoms with Gasteiger partial charge in [0.25, 0.3) is 11.8 Å². The van der Waals surface area contributed by atoms with Crippen LogP contribution >= 0.6 is 11.3 Å². The first-order chi connectivity index (χ1) is 13.2. The molecule has 27 heavy (non-hydrogen) atoms. The van der Waals surface area contributed by atoms with E-state index >= 15 is 0 Å². The topological polar surface area (TPSA) is 98.8 Å². The summed E-state index contributed by atoms with van der Waals surface area (Å²) in [7, 11) is 0. The first-order valence-corrected chi connectivity index (χ1v) is 8.92. The molecule has 2 N–H and O–H groups in total. The van der Waals surface area contributed by atoms with Crippen molar-refractivity contribution in [3.05, 3.63) is 53.0 Å². The van der Waals surface area contributed by atoms with Crippen LogP contribution in [0, 0.1) is 0 Å². The first kappa shape index (κ1) is 17.3. The third-order valence-corrected chi connectivity index (χ3v) is 4.76. The molecule has 0 aliphatic carbocycles. The van der Waals surface area contributed by atoms with E-state index in [0.717, 1.165) is 15.2 Å². The Morgan fingerprint density at radius 2 is 1.96 bits per heavy atom. The Kier molecular flexibility index (Phi) is 4.86. The Morgan fingerprint density at radius 1 is 1.11 bits per heavy atom. The standard InChI is InChI=1S/C18H15N3O5S/c22-16(8-24-9-17-19-12-3-1-2-4-15(12)27-17)20-21-18(23)11-5-6-13-14(7-11)26-10-25-13/h1-7H,8-10H2,(H,20,22)(H,21,23). The molecule has 0 atom stereocenters. The minimum absolute atomic E-state index is 0.128. The normalized spacial score (nSPS) is 12.1. The number of carbonyl (C=O) groups excluding carboxylic acids is 2. The number of hydrogen-bond acceptors (Lipinski definition) is 7. The smallest absolute Gasteiger partial charge is 0.269 e. The molecule has 1 aliphatic rings. The van der Waals surface area contributed by atoms with E-state index < -0.39 is 11.8 Å². The molecule has 2 heterocycles. The molecule has 138 valence electrons. The molecule has 9 heteroatoms. The van der Waals surface area contributed by atoms with Gasteiger partial charge in [0, 0.05) is 5.56 Å². The summed E-state index contributed by atoms with van der Waals surface area (Å²) in [6.07, 6.45) is 0. The van der Waals surface area contributed by atoms with E-state index in [-0.39, 0.29) is 20.0 Å². The van der Waals surface area contributed by atoms with Crippen molar-refractivity contribution in [3.63, 3.8) is 0 Å². The average Bonchev–Trinajstić information content (AvgIpc) is 3.31. The fourth-order valence-corrected chi connectivity index (χ4v) is 3.39. The third kappa shape index (κ3) is 3.99. The van der Waals surface area contributed by atoms with Crippen molar-refractivity contribution in [1.82, 2.24) is 15.8 Å². The highest BCUT2D eigenvalue weighted by atomic mass is 32.1. The zero-order valence-corrected chi connectivity index (χ0v) is 14.9. The summed E-state index contributed by atoms with van der Waals surface area (Å²) in [5.74, 6) is 0.144. The van der Waals surface area contributed by atoms with Crippen molar-refractivity contribution < 1.29 is 23.8 Å². The summed E-state index contributed by atoms with van der Waals surface area (Å²) in [5, 5.41) is 0.786. The number of hydrazine groups is 1. The van der Waals surface area contributed by atoms with Crippen molar-refractivity contribution in [2.24, 2.45) is 0 Å². The molecule has 0 unspecified atom stereocenters. The summed E-state index contributed by atoms with van der Waals surface area (Å²) < 4.78 is 16.8. The largest absolute Gasteiger partial charge is 0.454 e. The number of aromatic nitrogens is 1. The molecular formula is C18H15N3O5S. The molecule has 8 nitrogen and oxygen atoms in total. The average molecular weight is 385 g/mol. The Labute approximate surface area is 158 Å². The monoisotopic (exact) mass is 385 g/mol. The van der Waals surface area contributed by atoms with Gasteiger partial charge in [-0.1, -0.05) is 12.1 Å². The van der Waals surface area contributed by atoms with Crippen molar-refractivity contribution in [2.45, 2.75) is 6.61 Å². The van der Waals surface area contributed by atoms with Crippen molar-refractivity contribution in [1.29, 1.82) is 0 Å². The maximum absolute atomic E-state index is 12.1. The lowest BCUT2D eigenvalue weighted by atomic mass is 10.2. The highest BCUT2D eigenvalue weighted by molar-refractivity contribution is 7.18. The van der Waals surface area contributed by atoms with Crippen LogP contribution in [0.1, 0.15) is 15.4 Å². The summed E-state index contributed by atoms with van der Waals surface area (Å²) in [5.41, 5.74) is 5.89. The highest BCUT2D eigenvalue weighted by Crippen LogP contribution is 2.32. The van der Waals surface area contributed by atoms with Gasteiger partial charge in [0.05, 0.1) is 16.8 Å². The molecule has 2 aromatic carbocycles. The Hall–Kier alpha value is -3.17. The van der Waals surface area contributed by atoms with Crippen LogP contribution in [0.4, 0.5) is 0 Å². The van der Waals surface area contributed by atoms with Gasteiger partial charge in [-0.3, -0.25) is 20.4 Å². The summed E-state index contributed by atoms with van der Waals surface area (Å²) in [6.45, 7) is 0.156. The zero-order valence-electron chi connectivity index (χ0n) is 14.1. The van der Waals surface area contributed by atoms with Crippen LogP contribution in [0.15, 0.2) is 42.5 Å². The lowest BCUT2D eigenvalue weighted by Crippen LogP contribution is -2.43. The molecule has 4 rings (SSSR count). The van der Waals surface area contributed by atoms with Crippen LogP contribution in [0.25, 0.3) is 10.2 Å². The number of hydrogen-bond donors (Lipinski definition) is 2. The Bertz CT molecular complexity index is 971. The molecule has 1 aliphatic heterocycles. The minimum Gasteiger partial charge on any atom is -0.454 e. The van der Waals surface area contributed by atoms with E-state index in [0.29, 0.717) is 17.1 Å². The summed E-state index contributed by atoms with van der Waals surface area (Å²) >= 11 is 1.51. The fourth-order valence-electron chi connectivity index (χ4n) is 2.49. The van der Waals surface area contributed by atoms with Crippen molar-refractivity contribution >= 4 is 33.4 Å². The van der Waals surface area contributed by atoms with Gasteiger partial charge < -0.3 is 14.2 Å². The number of amides is 2. The summed E-state index contributed by atoms with van der Waals surface area (Å²) in [4.78, 5) is 28.3. The van der Waals surface area contributed by atoms with Crippen molar-refractivity contribution in [3.8, 4) is 11.5 Å². The van der Waals surface area contributed by atoms with Crippen molar-refractivity contribution in [2.75, 3.05) is 13.4 Å². The molecule has 0 spiro atoms. The van der Waals surface area contributed by atoms with E-state index in [1.165, 1.54) is 11.3 Å². The van der Waals surface area contributed by atoms with Gasteiger partial charge in [-0.2, -0.15) is 0 Å². The Balaban J connectivity index is 1.23. The van der Waals surface area contributed by atoms with E-state index in [1.807, 2.05) is 24.3 Å². The third-order valence-electron chi connectivity index (χ3n) is 3.75. The van der Waals surface area contributed by atoms with E-state index in [9.17, 15) is 9.59 Å². The first-order valence-electron chi connectivity index (χ1n) is 8.10. The lowest BCUT2D eigenvalue weighted by molar-refractivity contribution is -0.126. The quantitative estimate of drug-likeness (QED) is 0.652. The number of nitrogens with one attached hydrogen (secondary N) is 2. The molecule has 0 saturated carbocycles. The number of rotatable bonds is 5. The second kappa shape index (κ2) is 7.60. The van der Waals surface area contributed by atoms with Gasteiger partial charge in [0.2, 0.25) is 6.79 Å². The molecule has 1 aromatic heterocycles. The Morgan fingerprint density at radius 3 is 2.85 bits per heavy atom. The van der Waals surface area contributed by atoms with Crippen LogP contribution in [-0.4, -0.2) is 30.2 Å². The second-order valence-electron chi connectivity index (χ2n) is 5.64. The fraction of sp³-hybridized carbons (Fsp3) is 0.167.